The van der Waals surface area contributed by atoms with Crippen molar-refractivity contribution in [2.75, 3.05) is 0 Å². The van der Waals surface area contributed by atoms with Crippen LogP contribution in [-0.4, -0.2) is 20.0 Å². The molecule has 0 fully saturated rings. The lowest BCUT2D eigenvalue weighted by Crippen LogP contribution is -1.93. The van der Waals surface area contributed by atoms with Gasteiger partial charge in [-0.05, 0) is 27.7 Å². The maximum Gasteiger partial charge on any atom is 0.290 e. The molecule has 0 saturated carbocycles. The summed E-state index contributed by atoms with van der Waals surface area (Å²) in [4.78, 5) is 20.5. The molecule has 0 atom stereocenters. The second kappa shape index (κ2) is 5.95. The van der Waals surface area contributed by atoms with Gasteiger partial charge < -0.3 is 0 Å². The summed E-state index contributed by atoms with van der Waals surface area (Å²) in [5.74, 6) is 0. The molecule has 0 N–H and O–H groups in total. The minimum absolute atomic E-state index is 0.295. The molecule has 1 aromatic heterocycles. The lowest BCUT2D eigenvalue weighted by Gasteiger charge is -2.00. The normalized spacial score (nSPS) is 10.3. The van der Waals surface area contributed by atoms with Crippen molar-refractivity contribution < 1.29 is 9.85 Å². The van der Waals surface area contributed by atoms with E-state index in [4.69, 9.17) is 0 Å². The first-order valence-electron chi connectivity index (χ1n) is 4.61. The summed E-state index contributed by atoms with van der Waals surface area (Å²) in [6.45, 7) is 0. The molecule has 0 saturated heterocycles. The highest BCUT2D eigenvalue weighted by molar-refractivity contribution is 8.77. The van der Waals surface area contributed by atoms with Gasteiger partial charge in [-0.25, -0.2) is 0 Å². The average Bonchev–Trinajstić information content (AvgIpc) is 2.89. The number of rotatable bonds is 5. The van der Waals surface area contributed by atoms with Gasteiger partial charge in [-0.1, -0.05) is 11.3 Å². The molecule has 1 aromatic carbocycles. The fourth-order valence-electron chi connectivity index (χ4n) is 1.11. The van der Waals surface area contributed by atoms with Crippen LogP contribution in [0, 0.1) is 20.2 Å². The van der Waals surface area contributed by atoms with Crippen molar-refractivity contribution in [2.24, 2.45) is 0 Å². The van der Waals surface area contributed by atoms with Gasteiger partial charge >= 0.3 is 0 Å². The second-order valence-corrected chi connectivity index (χ2v) is 6.29. The molecule has 0 amide bonds. The van der Waals surface area contributed by atoms with Gasteiger partial charge in [0, 0.05) is 6.07 Å². The summed E-state index contributed by atoms with van der Waals surface area (Å²) >= 11 is 1.31. The Hall–Kier alpha value is -1.72. The number of hydrogen-bond acceptors (Lipinski definition) is 9. The van der Waals surface area contributed by atoms with E-state index < -0.39 is 9.85 Å². The molecular weight excluding hydrogens is 312 g/mol. The van der Waals surface area contributed by atoms with E-state index >= 15 is 0 Å². The molecule has 0 aliphatic carbocycles. The molecule has 19 heavy (non-hydrogen) atoms. The molecule has 0 radical (unpaired) electrons. The van der Waals surface area contributed by atoms with Gasteiger partial charge in [0.2, 0.25) is 0 Å². The lowest BCUT2D eigenvalue weighted by atomic mass is 10.3. The molecule has 0 aliphatic heterocycles. The first-order valence-corrected chi connectivity index (χ1v) is 7.64. The van der Waals surface area contributed by atoms with Crippen LogP contribution in [0.1, 0.15) is 0 Å². The van der Waals surface area contributed by atoms with Crippen molar-refractivity contribution in [1.29, 1.82) is 0 Å². The number of benzene rings is 1. The predicted octanol–water partition coefficient (Wildman–Crippen LogP) is 3.15. The van der Waals surface area contributed by atoms with Crippen molar-refractivity contribution >= 4 is 44.3 Å². The molecule has 8 nitrogen and oxygen atoms in total. The number of non-ortho nitro benzene ring substituents is 1. The van der Waals surface area contributed by atoms with Gasteiger partial charge in [-0.15, -0.1) is 10.2 Å². The fourth-order valence-corrected chi connectivity index (χ4v) is 3.93. The second-order valence-electron chi connectivity index (χ2n) is 3.04. The largest absolute Gasteiger partial charge is 0.290 e. The minimum Gasteiger partial charge on any atom is -0.258 e. The van der Waals surface area contributed by atoms with Gasteiger partial charge in [0.1, 0.15) is 5.51 Å². The Balaban J connectivity index is 2.24. The summed E-state index contributed by atoms with van der Waals surface area (Å²) in [5.41, 5.74) is 0.945. The summed E-state index contributed by atoms with van der Waals surface area (Å²) in [7, 11) is 2.33. The minimum atomic E-state index is -0.667. The third-order valence-corrected chi connectivity index (χ3v) is 5.33. The van der Waals surface area contributed by atoms with Crippen LogP contribution in [0.5, 0.6) is 0 Å². The Morgan fingerprint density at radius 3 is 2.53 bits per heavy atom. The van der Waals surface area contributed by atoms with Crippen LogP contribution >= 0.6 is 32.9 Å². The Labute approximate surface area is 117 Å². The van der Waals surface area contributed by atoms with Crippen LogP contribution in [0.15, 0.2) is 32.9 Å². The number of hydrogen-bond donors (Lipinski definition) is 0. The zero-order chi connectivity index (χ0) is 13.8. The number of aromatic nitrogens is 2. The fraction of sp³-hybridized carbons (Fsp3) is 0. The van der Waals surface area contributed by atoms with Crippen LogP contribution in [0.2, 0.25) is 0 Å². The highest BCUT2D eigenvalue weighted by atomic mass is 33.1. The Kier molecular flexibility index (Phi) is 4.29. The number of nitrogens with zero attached hydrogens (tertiary/aromatic N) is 4. The molecule has 1 heterocycles. The average molecular weight is 316 g/mol. The third-order valence-electron chi connectivity index (χ3n) is 1.89. The molecule has 2 rings (SSSR count). The maximum absolute atomic E-state index is 10.9. The summed E-state index contributed by atoms with van der Waals surface area (Å²) in [6.07, 6.45) is 0. The molecule has 2 aromatic rings. The van der Waals surface area contributed by atoms with Crippen molar-refractivity contribution in [3.63, 3.8) is 0 Å². The van der Waals surface area contributed by atoms with Crippen LogP contribution in [0.4, 0.5) is 11.4 Å². The van der Waals surface area contributed by atoms with E-state index in [0.29, 0.717) is 9.24 Å². The molecule has 0 bridgehead atoms. The van der Waals surface area contributed by atoms with Gasteiger partial charge in [-0.3, -0.25) is 20.2 Å². The number of nitro benzene ring substituents is 2. The van der Waals surface area contributed by atoms with Gasteiger partial charge in [0.05, 0.1) is 20.8 Å². The molecular formula is C8H4N4O4S3. The van der Waals surface area contributed by atoms with E-state index in [0.717, 1.165) is 16.9 Å². The summed E-state index contributed by atoms with van der Waals surface area (Å²) < 4.78 is 0.651. The maximum atomic E-state index is 10.9. The first kappa shape index (κ1) is 13.7. The highest BCUT2D eigenvalue weighted by Crippen LogP contribution is 2.42. The zero-order valence-electron chi connectivity index (χ0n) is 8.96. The SMILES string of the molecule is O=[N+]([O-])c1ccc(SSc2nncs2)c([N+](=O)[O-])c1. The van der Waals surface area contributed by atoms with Gasteiger partial charge in [0.25, 0.3) is 11.4 Å². The topological polar surface area (TPSA) is 112 Å². The molecule has 0 aliphatic rings. The van der Waals surface area contributed by atoms with Gasteiger partial charge in [0.15, 0.2) is 4.34 Å². The van der Waals surface area contributed by atoms with Crippen LogP contribution < -0.4 is 0 Å². The van der Waals surface area contributed by atoms with E-state index in [1.165, 1.54) is 34.3 Å². The summed E-state index contributed by atoms with van der Waals surface area (Å²) in [5, 5.41) is 28.9. The first-order chi connectivity index (χ1) is 9.08. The lowest BCUT2D eigenvalue weighted by molar-refractivity contribution is -0.396. The van der Waals surface area contributed by atoms with Crippen molar-refractivity contribution in [1.82, 2.24) is 10.2 Å². The van der Waals surface area contributed by atoms with E-state index in [-0.39, 0.29) is 11.4 Å². The summed E-state index contributed by atoms with van der Waals surface area (Å²) in [6, 6.07) is 3.54. The molecule has 0 unspecified atom stereocenters. The van der Waals surface area contributed by atoms with E-state index in [9.17, 15) is 20.2 Å². The monoisotopic (exact) mass is 316 g/mol. The van der Waals surface area contributed by atoms with E-state index in [1.54, 1.807) is 5.51 Å². The van der Waals surface area contributed by atoms with E-state index in [1.807, 2.05) is 0 Å². The highest BCUT2D eigenvalue weighted by Gasteiger charge is 2.20. The molecule has 0 spiro atoms. The zero-order valence-corrected chi connectivity index (χ0v) is 11.4. The number of nitro groups is 2. The van der Waals surface area contributed by atoms with Crippen LogP contribution in [0.3, 0.4) is 0 Å². The Morgan fingerprint density at radius 1 is 1.16 bits per heavy atom. The van der Waals surface area contributed by atoms with Crippen molar-refractivity contribution in [2.45, 2.75) is 9.24 Å². The van der Waals surface area contributed by atoms with Crippen molar-refractivity contribution in [3.8, 4) is 0 Å². The van der Waals surface area contributed by atoms with Crippen molar-refractivity contribution in [3.05, 3.63) is 43.9 Å². The smallest absolute Gasteiger partial charge is 0.258 e. The third kappa shape index (κ3) is 3.39. The van der Waals surface area contributed by atoms with Crippen LogP contribution in [-0.2, 0) is 0 Å². The van der Waals surface area contributed by atoms with Gasteiger partial charge in [-0.2, -0.15) is 0 Å². The Bertz CT molecular complexity index is 618. The standard InChI is InChI=1S/C8H4N4O4S3/c13-11(14)5-1-2-7(6(3-5)12(15)16)18-19-8-10-9-4-17-8/h1-4H. The predicted molar refractivity (Wildman–Crippen MR) is 71.4 cm³/mol. The Morgan fingerprint density at radius 2 is 1.95 bits per heavy atom. The molecule has 11 heteroatoms. The van der Waals surface area contributed by atoms with Crippen LogP contribution in [0.25, 0.3) is 0 Å². The van der Waals surface area contributed by atoms with E-state index in [2.05, 4.69) is 10.2 Å². The quantitative estimate of drug-likeness (QED) is 0.469. The molecule has 98 valence electrons.